The van der Waals surface area contributed by atoms with Crippen molar-refractivity contribution in [2.45, 2.75) is 32.5 Å². The SMILES string of the molecule is CC(=O)OCc1nnc(-c2ccc(N3CCC(Oc4ccccc4F)CC3)cc2)s1. The molecule has 0 aliphatic carbocycles. The quantitative estimate of drug-likeness (QED) is 0.542. The standard InChI is InChI=1S/C22H22FN3O3S/c1-15(27)28-14-21-24-25-22(30-21)16-6-8-17(9-7-16)26-12-10-18(11-13-26)29-20-5-3-2-4-19(20)23/h2-9,18H,10-14H2,1H3. The summed E-state index contributed by atoms with van der Waals surface area (Å²) >= 11 is 1.41. The van der Waals surface area contributed by atoms with Gasteiger partial charge in [0.2, 0.25) is 0 Å². The van der Waals surface area contributed by atoms with Crippen LogP contribution in [0.15, 0.2) is 48.5 Å². The maximum atomic E-state index is 13.8. The number of benzene rings is 2. The molecule has 0 bridgehead atoms. The van der Waals surface area contributed by atoms with Crippen LogP contribution in [0.2, 0.25) is 0 Å². The van der Waals surface area contributed by atoms with Crippen LogP contribution in [0, 0.1) is 5.82 Å². The molecular formula is C22H22FN3O3S. The van der Waals surface area contributed by atoms with Crippen molar-refractivity contribution in [3.8, 4) is 16.3 Å². The van der Waals surface area contributed by atoms with Crippen LogP contribution in [0.3, 0.4) is 0 Å². The Labute approximate surface area is 178 Å². The minimum Gasteiger partial charge on any atom is -0.487 e. The molecule has 0 unspecified atom stereocenters. The summed E-state index contributed by atoms with van der Waals surface area (Å²) in [5.74, 6) is -0.326. The van der Waals surface area contributed by atoms with Gasteiger partial charge in [0.15, 0.2) is 16.6 Å². The van der Waals surface area contributed by atoms with Crippen molar-refractivity contribution in [3.05, 3.63) is 59.4 Å². The van der Waals surface area contributed by atoms with E-state index in [1.54, 1.807) is 18.2 Å². The van der Waals surface area contributed by atoms with E-state index in [9.17, 15) is 9.18 Å². The van der Waals surface area contributed by atoms with Crippen molar-refractivity contribution in [1.29, 1.82) is 0 Å². The lowest BCUT2D eigenvalue weighted by Gasteiger charge is -2.33. The average molecular weight is 428 g/mol. The molecular weight excluding hydrogens is 405 g/mol. The lowest BCUT2D eigenvalue weighted by molar-refractivity contribution is -0.142. The van der Waals surface area contributed by atoms with Crippen molar-refractivity contribution in [1.82, 2.24) is 10.2 Å². The minimum absolute atomic E-state index is 0.0226. The summed E-state index contributed by atoms with van der Waals surface area (Å²) in [5.41, 5.74) is 2.11. The molecule has 4 rings (SSSR count). The molecule has 1 aliphatic heterocycles. The maximum absolute atomic E-state index is 13.8. The Morgan fingerprint density at radius 3 is 2.57 bits per heavy atom. The van der Waals surface area contributed by atoms with Gasteiger partial charge in [-0.3, -0.25) is 4.79 Å². The molecule has 2 aromatic carbocycles. The number of hydrogen-bond acceptors (Lipinski definition) is 7. The van der Waals surface area contributed by atoms with E-state index < -0.39 is 0 Å². The maximum Gasteiger partial charge on any atom is 0.303 e. The Bertz CT molecular complexity index is 1000. The van der Waals surface area contributed by atoms with Gasteiger partial charge in [-0.25, -0.2) is 4.39 Å². The third-order valence-electron chi connectivity index (χ3n) is 4.92. The predicted molar refractivity (Wildman–Crippen MR) is 113 cm³/mol. The van der Waals surface area contributed by atoms with E-state index in [1.807, 2.05) is 12.1 Å². The van der Waals surface area contributed by atoms with E-state index in [2.05, 4.69) is 27.2 Å². The third kappa shape index (κ3) is 4.94. The second-order valence-corrected chi connectivity index (χ2v) is 8.12. The molecule has 0 atom stereocenters. The molecule has 0 spiro atoms. The van der Waals surface area contributed by atoms with Gasteiger partial charge < -0.3 is 14.4 Å². The van der Waals surface area contributed by atoms with Gasteiger partial charge in [0.05, 0.1) is 0 Å². The number of hydrogen-bond donors (Lipinski definition) is 0. The van der Waals surface area contributed by atoms with E-state index in [0.717, 1.165) is 42.2 Å². The van der Waals surface area contributed by atoms with Crippen LogP contribution in [-0.2, 0) is 16.1 Å². The largest absolute Gasteiger partial charge is 0.487 e. The van der Waals surface area contributed by atoms with Crippen LogP contribution in [0.5, 0.6) is 5.75 Å². The van der Waals surface area contributed by atoms with Crippen molar-refractivity contribution >= 4 is 23.0 Å². The monoisotopic (exact) mass is 427 g/mol. The topological polar surface area (TPSA) is 64.5 Å². The van der Waals surface area contributed by atoms with E-state index >= 15 is 0 Å². The minimum atomic E-state index is -0.334. The van der Waals surface area contributed by atoms with E-state index in [4.69, 9.17) is 9.47 Å². The second kappa shape index (κ2) is 9.21. The van der Waals surface area contributed by atoms with Crippen LogP contribution in [0.1, 0.15) is 24.8 Å². The Morgan fingerprint density at radius 2 is 1.87 bits per heavy atom. The summed E-state index contributed by atoms with van der Waals surface area (Å²) < 4.78 is 24.6. The number of para-hydroxylation sites is 1. The summed E-state index contributed by atoms with van der Waals surface area (Å²) in [7, 11) is 0. The van der Waals surface area contributed by atoms with Gasteiger partial charge >= 0.3 is 5.97 Å². The fourth-order valence-corrected chi connectivity index (χ4v) is 4.12. The molecule has 3 aromatic rings. The zero-order valence-electron chi connectivity index (χ0n) is 16.6. The van der Waals surface area contributed by atoms with E-state index in [0.29, 0.717) is 10.8 Å². The van der Waals surface area contributed by atoms with E-state index in [1.165, 1.54) is 24.3 Å². The highest BCUT2D eigenvalue weighted by Crippen LogP contribution is 2.28. The number of piperidine rings is 1. The number of aromatic nitrogens is 2. The zero-order chi connectivity index (χ0) is 20.9. The second-order valence-electron chi connectivity index (χ2n) is 7.06. The normalized spacial score (nSPS) is 14.5. The Hall–Kier alpha value is -3.00. The predicted octanol–water partition coefficient (Wildman–Crippen LogP) is 4.46. The lowest BCUT2D eigenvalue weighted by Crippen LogP contribution is -2.38. The van der Waals surface area contributed by atoms with Crippen LogP contribution >= 0.6 is 11.3 Å². The first-order valence-corrected chi connectivity index (χ1v) is 10.6. The van der Waals surface area contributed by atoms with Crippen LogP contribution in [0.4, 0.5) is 10.1 Å². The van der Waals surface area contributed by atoms with Crippen LogP contribution in [0.25, 0.3) is 10.6 Å². The summed E-state index contributed by atoms with van der Waals surface area (Å²) in [5, 5.41) is 9.71. The number of rotatable bonds is 6. The number of halogens is 1. The summed E-state index contributed by atoms with van der Waals surface area (Å²) in [4.78, 5) is 13.2. The molecule has 156 valence electrons. The molecule has 1 fully saturated rings. The first-order valence-electron chi connectivity index (χ1n) is 9.81. The van der Waals surface area contributed by atoms with Crippen LogP contribution in [-0.4, -0.2) is 35.4 Å². The number of ether oxygens (including phenoxy) is 2. The van der Waals surface area contributed by atoms with Gasteiger partial charge in [-0.05, 0) is 36.4 Å². The summed E-state index contributed by atoms with van der Waals surface area (Å²) in [6.07, 6.45) is 1.70. The Morgan fingerprint density at radius 1 is 1.13 bits per heavy atom. The highest BCUT2D eigenvalue weighted by atomic mass is 32.1. The molecule has 6 nitrogen and oxygen atoms in total. The average Bonchev–Trinajstić information content (AvgIpc) is 3.24. The highest BCUT2D eigenvalue weighted by Gasteiger charge is 2.22. The van der Waals surface area contributed by atoms with Crippen molar-refractivity contribution in [2.24, 2.45) is 0 Å². The van der Waals surface area contributed by atoms with Gasteiger partial charge in [-0.1, -0.05) is 23.5 Å². The molecule has 0 saturated carbocycles. The van der Waals surface area contributed by atoms with Gasteiger partial charge in [0.25, 0.3) is 0 Å². The molecule has 0 amide bonds. The van der Waals surface area contributed by atoms with Crippen LogP contribution < -0.4 is 9.64 Å². The molecule has 30 heavy (non-hydrogen) atoms. The van der Waals surface area contributed by atoms with Crippen molar-refractivity contribution < 1.29 is 18.7 Å². The Balaban J connectivity index is 1.33. The number of nitrogens with zero attached hydrogens (tertiary/aromatic N) is 3. The number of esters is 1. The molecule has 1 aliphatic rings. The first-order chi connectivity index (χ1) is 14.6. The third-order valence-corrected chi connectivity index (χ3v) is 5.86. The number of carbonyl (C=O) groups is 1. The molecule has 0 radical (unpaired) electrons. The molecule has 8 heteroatoms. The molecule has 0 N–H and O–H groups in total. The van der Waals surface area contributed by atoms with Gasteiger partial charge in [0.1, 0.15) is 17.7 Å². The van der Waals surface area contributed by atoms with Gasteiger partial charge in [-0.15, -0.1) is 10.2 Å². The van der Waals surface area contributed by atoms with Crippen molar-refractivity contribution in [3.63, 3.8) is 0 Å². The summed E-state index contributed by atoms with van der Waals surface area (Å²) in [6, 6.07) is 14.7. The number of anilines is 1. The fraction of sp³-hybridized carbons (Fsp3) is 0.318. The van der Waals surface area contributed by atoms with E-state index in [-0.39, 0.29) is 24.5 Å². The first kappa shape index (κ1) is 20.3. The smallest absolute Gasteiger partial charge is 0.303 e. The van der Waals surface area contributed by atoms with Gasteiger partial charge in [0, 0.05) is 44.1 Å². The molecule has 2 heterocycles. The Kier molecular flexibility index (Phi) is 6.23. The zero-order valence-corrected chi connectivity index (χ0v) is 17.4. The summed E-state index contributed by atoms with van der Waals surface area (Å²) in [6.45, 7) is 3.22. The fourth-order valence-electron chi connectivity index (χ4n) is 3.36. The van der Waals surface area contributed by atoms with Gasteiger partial charge in [-0.2, -0.15) is 0 Å². The lowest BCUT2D eigenvalue weighted by atomic mass is 10.1. The molecule has 1 saturated heterocycles. The molecule has 1 aromatic heterocycles. The number of carbonyl (C=O) groups excluding carboxylic acids is 1. The highest BCUT2D eigenvalue weighted by molar-refractivity contribution is 7.14. The van der Waals surface area contributed by atoms with Crippen molar-refractivity contribution in [2.75, 3.05) is 18.0 Å².